The molecule has 2 atom stereocenters. The van der Waals surface area contributed by atoms with Crippen LogP contribution in [0.15, 0.2) is 47.5 Å². The highest BCUT2D eigenvalue weighted by Gasteiger charge is 2.51. The number of aromatic nitrogens is 1. The Hall–Kier alpha value is -3.18. The Labute approximate surface area is 217 Å². The number of nitrogens with zero attached hydrogens (tertiary/aromatic N) is 1. The molecule has 1 aliphatic heterocycles. The maximum atomic E-state index is 13.2. The Kier molecular flexibility index (Phi) is 9.50. The van der Waals surface area contributed by atoms with Gasteiger partial charge in [-0.05, 0) is 62.4 Å². The predicted molar refractivity (Wildman–Crippen MR) is 137 cm³/mol. The number of pyridine rings is 1. The van der Waals surface area contributed by atoms with Crippen molar-refractivity contribution < 1.29 is 32.2 Å². The minimum absolute atomic E-state index is 0.00823. The lowest BCUT2D eigenvalue weighted by Gasteiger charge is -2.33. The molecule has 3 rings (SSSR count). The van der Waals surface area contributed by atoms with Crippen molar-refractivity contribution in [1.29, 1.82) is 0 Å². The molecule has 1 aromatic heterocycles. The number of carbonyl (C=O) groups is 2. The van der Waals surface area contributed by atoms with Crippen LogP contribution in [0.4, 0.5) is 0 Å². The van der Waals surface area contributed by atoms with Crippen LogP contribution in [0.2, 0.25) is 0 Å². The topological polar surface area (TPSA) is 147 Å². The molecule has 0 spiro atoms. The SMILES string of the molecule is CCC(C)c1cccnc1OC(C)C(=O)NCCOc1ccc(S(=O)(=O)C2(C(N)=O)CCOCC2)cc1. The Morgan fingerprint density at radius 1 is 1.16 bits per heavy atom. The van der Waals surface area contributed by atoms with Gasteiger partial charge >= 0.3 is 0 Å². The van der Waals surface area contributed by atoms with Crippen LogP contribution in [-0.4, -0.2) is 62.4 Å². The molecule has 2 aromatic rings. The first kappa shape index (κ1) is 28.4. The summed E-state index contributed by atoms with van der Waals surface area (Å²) in [7, 11) is -4.01. The molecule has 11 heteroatoms. The van der Waals surface area contributed by atoms with Gasteiger partial charge in [-0.3, -0.25) is 9.59 Å². The monoisotopic (exact) mass is 533 g/mol. The first-order chi connectivity index (χ1) is 17.6. The fraction of sp³-hybridized carbons (Fsp3) is 0.500. The van der Waals surface area contributed by atoms with Gasteiger partial charge in [-0.1, -0.05) is 19.9 Å². The fourth-order valence-electron chi connectivity index (χ4n) is 4.09. The van der Waals surface area contributed by atoms with Crippen LogP contribution >= 0.6 is 0 Å². The van der Waals surface area contributed by atoms with Crippen LogP contribution in [0.5, 0.6) is 11.6 Å². The van der Waals surface area contributed by atoms with Gasteiger partial charge in [0.05, 0.1) is 11.4 Å². The van der Waals surface area contributed by atoms with Crippen molar-refractivity contribution in [2.75, 3.05) is 26.4 Å². The Balaban J connectivity index is 1.52. The zero-order chi connectivity index (χ0) is 27.1. The average Bonchev–Trinajstić information content (AvgIpc) is 2.91. The summed E-state index contributed by atoms with van der Waals surface area (Å²) >= 11 is 0. The third-order valence-corrected chi connectivity index (χ3v) is 9.20. The summed E-state index contributed by atoms with van der Waals surface area (Å²) in [6.45, 7) is 6.50. The highest BCUT2D eigenvalue weighted by atomic mass is 32.2. The van der Waals surface area contributed by atoms with E-state index in [-0.39, 0.29) is 55.9 Å². The molecule has 0 aliphatic carbocycles. The molecule has 1 saturated heterocycles. The van der Waals surface area contributed by atoms with E-state index in [4.69, 9.17) is 19.9 Å². The van der Waals surface area contributed by atoms with Crippen molar-refractivity contribution in [3.63, 3.8) is 0 Å². The number of nitrogens with one attached hydrogen (secondary N) is 1. The van der Waals surface area contributed by atoms with E-state index >= 15 is 0 Å². The molecule has 1 aromatic carbocycles. The summed E-state index contributed by atoms with van der Waals surface area (Å²) in [6.07, 6.45) is 1.85. The van der Waals surface area contributed by atoms with E-state index in [9.17, 15) is 18.0 Å². The molecule has 10 nitrogen and oxygen atoms in total. The van der Waals surface area contributed by atoms with Gasteiger partial charge in [-0.2, -0.15) is 0 Å². The summed E-state index contributed by atoms with van der Waals surface area (Å²) < 4.78 is 41.4. The molecule has 1 aliphatic rings. The Bertz CT molecular complexity index is 1180. The molecule has 2 unspecified atom stereocenters. The second kappa shape index (κ2) is 12.4. The van der Waals surface area contributed by atoms with Crippen molar-refractivity contribution in [1.82, 2.24) is 10.3 Å². The molecule has 1 fully saturated rings. The van der Waals surface area contributed by atoms with Gasteiger partial charge in [0.2, 0.25) is 11.8 Å². The summed E-state index contributed by atoms with van der Waals surface area (Å²) in [6, 6.07) is 9.59. The number of benzene rings is 1. The van der Waals surface area contributed by atoms with Gasteiger partial charge in [0, 0.05) is 25.0 Å². The van der Waals surface area contributed by atoms with Crippen LogP contribution in [-0.2, 0) is 24.2 Å². The number of hydrogen-bond acceptors (Lipinski definition) is 8. The number of amides is 2. The molecule has 0 bridgehead atoms. The summed E-state index contributed by atoms with van der Waals surface area (Å²) in [5.74, 6) is -0.0519. The van der Waals surface area contributed by atoms with Crippen LogP contribution in [0.1, 0.15) is 51.5 Å². The van der Waals surface area contributed by atoms with Crippen molar-refractivity contribution in [3.05, 3.63) is 48.2 Å². The third-order valence-electron chi connectivity index (χ3n) is 6.67. The molecule has 0 saturated carbocycles. The number of rotatable bonds is 12. The number of ether oxygens (including phenoxy) is 3. The van der Waals surface area contributed by atoms with E-state index < -0.39 is 26.6 Å². The molecule has 2 heterocycles. The second-order valence-electron chi connectivity index (χ2n) is 9.05. The largest absolute Gasteiger partial charge is 0.492 e. The third kappa shape index (κ3) is 6.40. The summed E-state index contributed by atoms with van der Waals surface area (Å²) in [5.41, 5.74) is 6.46. The van der Waals surface area contributed by atoms with Crippen molar-refractivity contribution in [2.45, 2.75) is 61.7 Å². The minimum Gasteiger partial charge on any atom is -0.492 e. The summed E-state index contributed by atoms with van der Waals surface area (Å²) in [5, 5.41) is 2.76. The van der Waals surface area contributed by atoms with E-state index in [0.29, 0.717) is 11.6 Å². The van der Waals surface area contributed by atoms with Crippen LogP contribution in [0, 0.1) is 0 Å². The van der Waals surface area contributed by atoms with Gasteiger partial charge in [0.15, 0.2) is 20.7 Å². The smallest absolute Gasteiger partial charge is 0.260 e. The first-order valence-electron chi connectivity index (χ1n) is 12.4. The lowest BCUT2D eigenvalue weighted by molar-refractivity contribution is -0.127. The highest BCUT2D eigenvalue weighted by molar-refractivity contribution is 7.93. The minimum atomic E-state index is -4.01. The molecular formula is C26H35N3O7S. The maximum absolute atomic E-state index is 13.2. The number of primary amides is 1. The molecule has 202 valence electrons. The van der Waals surface area contributed by atoms with Gasteiger partial charge in [0.25, 0.3) is 5.91 Å². The lowest BCUT2D eigenvalue weighted by atomic mass is 9.98. The average molecular weight is 534 g/mol. The van der Waals surface area contributed by atoms with Crippen LogP contribution in [0.25, 0.3) is 0 Å². The molecule has 3 N–H and O–H groups in total. The number of nitrogens with two attached hydrogens (primary N) is 1. The number of sulfone groups is 1. The van der Waals surface area contributed by atoms with Crippen LogP contribution in [0.3, 0.4) is 0 Å². The highest BCUT2D eigenvalue weighted by Crippen LogP contribution is 2.35. The molecule has 37 heavy (non-hydrogen) atoms. The Morgan fingerprint density at radius 3 is 2.46 bits per heavy atom. The van der Waals surface area contributed by atoms with Gasteiger partial charge in [0.1, 0.15) is 12.4 Å². The van der Waals surface area contributed by atoms with Crippen molar-refractivity contribution >= 4 is 21.7 Å². The summed E-state index contributed by atoms with van der Waals surface area (Å²) in [4.78, 5) is 28.9. The zero-order valence-corrected chi connectivity index (χ0v) is 22.3. The normalized spacial score (nSPS) is 16.8. The predicted octanol–water partition coefficient (Wildman–Crippen LogP) is 2.37. The van der Waals surface area contributed by atoms with Crippen molar-refractivity contribution in [3.8, 4) is 11.6 Å². The Morgan fingerprint density at radius 2 is 1.84 bits per heavy atom. The zero-order valence-electron chi connectivity index (χ0n) is 21.4. The van der Waals surface area contributed by atoms with E-state index in [1.165, 1.54) is 24.3 Å². The van der Waals surface area contributed by atoms with E-state index in [1.54, 1.807) is 13.1 Å². The van der Waals surface area contributed by atoms with Gasteiger partial charge < -0.3 is 25.3 Å². The van der Waals surface area contributed by atoms with Gasteiger partial charge in [-0.15, -0.1) is 0 Å². The fourth-order valence-corrected chi connectivity index (χ4v) is 6.01. The van der Waals surface area contributed by atoms with Crippen molar-refractivity contribution in [2.24, 2.45) is 5.73 Å². The molecular weight excluding hydrogens is 498 g/mol. The lowest BCUT2D eigenvalue weighted by Crippen LogP contribution is -2.53. The first-order valence-corrected chi connectivity index (χ1v) is 13.8. The molecule has 0 radical (unpaired) electrons. The van der Waals surface area contributed by atoms with Gasteiger partial charge in [-0.25, -0.2) is 13.4 Å². The standard InChI is InChI=1S/C26H35N3O7S/c1-4-18(2)22-6-5-13-29-24(22)36-19(3)23(30)28-14-17-35-20-7-9-21(10-8-20)37(32,33)26(25(27)31)11-15-34-16-12-26/h5-10,13,18-19H,4,11-12,14-17H2,1-3H3,(H2,27,31)(H,28,30). The van der Waals surface area contributed by atoms with Crippen LogP contribution < -0.4 is 20.5 Å². The number of carbonyl (C=O) groups excluding carboxylic acids is 2. The quantitative estimate of drug-likeness (QED) is 0.395. The maximum Gasteiger partial charge on any atom is 0.260 e. The molecule has 2 amide bonds. The van der Waals surface area contributed by atoms with E-state index in [2.05, 4.69) is 24.1 Å². The van der Waals surface area contributed by atoms with E-state index in [1.807, 2.05) is 12.1 Å². The second-order valence-corrected chi connectivity index (χ2v) is 11.3. The number of hydrogen-bond donors (Lipinski definition) is 2. The van der Waals surface area contributed by atoms with E-state index in [0.717, 1.165) is 12.0 Å².